The zero-order chi connectivity index (χ0) is 15.4. The van der Waals surface area contributed by atoms with Crippen LogP contribution in [0.1, 0.15) is 28.8 Å². The van der Waals surface area contributed by atoms with Crippen LogP contribution in [-0.2, 0) is 6.42 Å². The molecule has 2 heterocycles. The Morgan fingerprint density at radius 3 is 2.55 bits per heavy atom. The minimum absolute atomic E-state index is 0.295. The van der Waals surface area contributed by atoms with E-state index in [2.05, 4.69) is 34.1 Å². The molecule has 1 aromatic heterocycles. The van der Waals surface area contributed by atoms with E-state index in [4.69, 9.17) is 0 Å². The summed E-state index contributed by atoms with van der Waals surface area (Å²) in [5.41, 5.74) is 1.68. The fraction of sp³-hybridized carbons (Fsp3) is 0.333. The van der Waals surface area contributed by atoms with E-state index in [0.717, 1.165) is 32.4 Å². The first-order chi connectivity index (χ1) is 10.7. The number of aromatic nitrogens is 1. The summed E-state index contributed by atoms with van der Waals surface area (Å²) in [7, 11) is 0. The van der Waals surface area contributed by atoms with E-state index in [1.807, 2.05) is 6.07 Å². The Hall–Kier alpha value is -2.36. The maximum Gasteiger partial charge on any atom is 0.339 e. The van der Waals surface area contributed by atoms with Crippen LogP contribution >= 0.6 is 0 Å². The number of carbonyl (C=O) groups is 1. The number of anilines is 1. The first-order valence-electron chi connectivity index (χ1n) is 7.71. The van der Waals surface area contributed by atoms with Crippen molar-refractivity contribution in [3.63, 3.8) is 0 Å². The fourth-order valence-corrected chi connectivity index (χ4v) is 3.11. The number of carboxylic acids is 1. The van der Waals surface area contributed by atoms with E-state index in [9.17, 15) is 9.90 Å². The zero-order valence-corrected chi connectivity index (χ0v) is 12.5. The van der Waals surface area contributed by atoms with Gasteiger partial charge in [0.25, 0.3) is 0 Å². The van der Waals surface area contributed by atoms with Crippen LogP contribution in [0.3, 0.4) is 0 Å². The van der Waals surface area contributed by atoms with Gasteiger partial charge in [-0.3, -0.25) is 0 Å². The van der Waals surface area contributed by atoms with Crippen molar-refractivity contribution in [3.8, 4) is 0 Å². The van der Waals surface area contributed by atoms with Crippen molar-refractivity contribution in [1.29, 1.82) is 0 Å². The molecule has 1 aromatic carbocycles. The van der Waals surface area contributed by atoms with Crippen LogP contribution in [0.25, 0.3) is 0 Å². The predicted octanol–water partition coefficient (Wildman–Crippen LogP) is 3.24. The summed E-state index contributed by atoms with van der Waals surface area (Å²) >= 11 is 0. The number of pyridine rings is 1. The van der Waals surface area contributed by atoms with Gasteiger partial charge in [0.05, 0.1) is 0 Å². The number of hydrogen-bond acceptors (Lipinski definition) is 3. The van der Waals surface area contributed by atoms with Gasteiger partial charge in [0, 0.05) is 19.3 Å². The molecule has 0 radical (unpaired) electrons. The molecule has 0 atom stereocenters. The molecule has 3 rings (SSSR count). The van der Waals surface area contributed by atoms with E-state index < -0.39 is 5.97 Å². The van der Waals surface area contributed by atoms with Gasteiger partial charge in [-0.05, 0) is 42.9 Å². The van der Waals surface area contributed by atoms with Crippen LogP contribution < -0.4 is 4.90 Å². The molecule has 1 N–H and O–H groups in total. The highest BCUT2D eigenvalue weighted by Gasteiger charge is 2.23. The van der Waals surface area contributed by atoms with Crippen LogP contribution in [-0.4, -0.2) is 29.1 Å². The number of aromatic carboxylic acids is 1. The number of piperidine rings is 1. The quantitative estimate of drug-likeness (QED) is 0.941. The Morgan fingerprint density at radius 2 is 1.86 bits per heavy atom. The fourth-order valence-electron chi connectivity index (χ4n) is 3.11. The van der Waals surface area contributed by atoms with Crippen LogP contribution in [0.15, 0.2) is 48.7 Å². The number of rotatable bonds is 4. The molecule has 0 saturated carbocycles. The minimum atomic E-state index is -0.908. The Balaban J connectivity index is 1.64. The second-order valence-corrected chi connectivity index (χ2v) is 5.80. The molecular formula is C18H20N2O2. The summed E-state index contributed by atoms with van der Waals surface area (Å²) in [5, 5.41) is 9.28. The standard InChI is InChI=1S/C18H20N2O2/c21-18(22)16-7-4-10-19-17(16)20-11-8-15(9-12-20)13-14-5-2-1-3-6-14/h1-7,10,15H,8-9,11-13H2,(H,21,22). The molecular weight excluding hydrogens is 276 g/mol. The summed E-state index contributed by atoms with van der Waals surface area (Å²) < 4.78 is 0. The lowest BCUT2D eigenvalue weighted by Crippen LogP contribution is -2.35. The van der Waals surface area contributed by atoms with Crippen LogP contribution in [0.2, 0.25) is 0 Å². The average molecular weight is 296 g/mol. The number of benzene rings is 1. The van der Waals surface area contributed by atoms with Crippen LogP contribution in [0.5, 0.6) is 0 Å². The molecule has 1 saturated heterocycles. The van der Waals surface area contributed by atoms with Crippen molar-refractivity contribution in [2.24, 2.45) is 5.92 Å². The normalized spacial score (nSPS) is 15.7. The van der Waals surface area contributed by atoms with Gasteiger partial charge < -0.3 is 10.0 Å². The van der Waals surface area contributed by atoms with Crippen molar-refractivity contribution in [1.82, 2.24) is 4.98 Å². The van der Waals surface area contributed by atoms with E-state index in [1.54, 1.807) is 18.3 Å². The molecule has 0 bridgehead atoms. The Kier molecular flexibility index (Phi) is 4.37. The molecule has 2 aromatic rings. The highest BCUT2D eigenvalue weighted by Crippen LogP contribution is 2.26. The summed E-state index contributed by atoms with van der Waals surface area (Å²) in [6.45, 7) is 1.74. The van der Waals surface area contributed by atoms with E-state index in [1.165, 1.54) is 5.56 Å². The molecule has 22 heavy (non-hydrogen) atoms. The van der Waals surface area contributed by atoms with Crippen LogP contribution in [0.4, 0.5) is 5.82 Å². The Bertz CT molecular complexity index is 635. The van der Waals surface area contributed by atoms with Gasteiger partial charge in [-0.2, -0.15) is 0 Å². The maximum atomic E-state index is 11.3. The van der Waals surface area contributed by atoms with Gasteiger partial charge in [-0.15, -0.1) is 0 Å². The second-order valence-electron chi connectivity index (χ2n) is 5.80. The van der Waals surface area contributed by atoms with Gasteiger partial charge in [0.15, 0.2) is 0 Å². The van der Waals surface area contributed by atoms with Gasteiger partial charge >= 0.3 is 5.97 Å². The lowest BCUT2D eigenvalue weighted by atomic mass is 9.90. The van der Waals surface area contributed by atoms with E-state index in [0.29, 0.717) is 17.3 Å². The van der Waals surface area contributed by atoms with E-state index in [-0.39, 0.29) is 0 Å². The molecule has 4 heteroatoms. The van der Waals surface area contributed by atoms with Crippen LogP contribution in [0, 0.1) is 5.92 Å². The summed E-state index contributed by atoms with van der Waals surface area (Å²) in [4.78, 5) is 17.7. The third-order valence-electron chi connectivity index (χ3n) is 4.30. The first kappa shape index (κ1) is 14.6. The summed E-state index contributed by atoms with van der Waals surface area (Å²) in [6.07, 6.45) is 4.91. The summed E-state index contributed by atoms with van der Waals surface area (Å²) in [6, 6.07) is 13.9. The van der Waals surface area contributed by atoms with Gasteiger partial charge in [0.2, 0.25) is 0 Å². The number of nitrogens with zero attached hydrogens (tertiary/aromatic N) is 2. The smallest absolute Gasteiger partial charge is 0.339 e. The van der Waals surface area contributed by atoms with Crippen molar-refractivity contribution < 1.29 is 9.90 Å². The molecule has 1 aliphatic heterocycles. The number of carboxylic acid groups (broad SMARTS) is 1. The molecule has 0 unspecified atom stereocenters. The highest BCUT2D eigenvalue weighted by molar-refractivity contribution is 5.93. The number of hydrogen-bond donors (Lipinski definition) is 1. The molecule has 0 spiro atoms. The monoisotopic (exact) mass is 296 g/mol. The average Bonchev–Trinajstić information content (AvgIpc) is 2.56. The van der Waals surface area contributed by atoms with Gasteiger partial charge in [-0.25, -0.2) is 9.78 Å². The van der Waals surface area contributed by atoms with Gasteiger partial charge in [0.1, 0.15) is 11.4 Å². The Morgan fingerprint density at radius 1 is 1.14 bits per heavy atom. The molecule has 1 aliphatic rings. The van der Waals surface area contributed by atoms with Crippen molar-refractivity contribution >= 4 is 11.8 Å². The highest BCUT2D eigenvalue weighted by atomic mass is 16.4. The van der Waals surface area contributed by atoms with E-state index >= 15 is 0 Å². The molecule has 1 fully saturated rings. The second kappa shape index (κ2) is 6.60. The van der Waals surface area contributed by atoms with Crippen molar-refractivity contribution in [2.75, 3.05) is 18.0 Å². The largest absolute Gasteiger partial charge is 0.478 e. The van der Waals surface area contributed by atoms with Crippen molar-refractivity contribution in [2.45, 2.75) is 19.3 Å². The minimum Gasteiger partial charge on any atom is -0.478 e. The molecule has 0 aliphatic carbocycles. The Labute approximate surface area is 130 Å². The maximum absolute atomic E-state index is 11.3. The third kappa shape index (κ3) is 3.27. The topological polar surface area (TPSA) is 53.4 Å². The molecule has 114 valence electrons. The third-order valence-corrected chi connectivity index (χ3v) is 4.30. The predicted molar refractivity (Wildman–Crippen MR) is 86.3 cm³/mol. The SMILES string of the molecule is O=C(O)c1cccnc1N1CCC(Cc2ccccc2)CC1. The lowest BCUT2D eigenvalue weighted by Gasteiger charge is -2.33. The van der Waals surface area contributed by atoms with Gasteiger partial charge in [-0.1, -0.05) is 30.3 Å². The van der Waals surface area contributed by atoms with Crippen molar-refractivity contribution in [3.05, 3.63) is 59.8 Å². The lowest BCUT2D eigenvalue weighted by molar-refractivity contribution is 0.0697. The molecule has 0 amide bonds. The zero-order valence-electron chi connectivity index (χ0n) is 12.5. The summed E-state index contributed by atoms with van der Waals surface area (Å²) in [5.74, 6) is 0.360. The molecule has 4 nitrogen and oxygen atoms in total. The first-order valence-corrected chi connectivity index (χ1v) is 7.71.